The average molecular weight is 348 g/mol. The fourth-order valence-corrected chi connectivity index (χ4v) is 4.77. The number of likely N-dealkylation sites (tertiary alicyclic amines) is 1. The summed E-state index contributed by atoms with van der Waals surface area (Å²) in [6.07, 6.45) is 5.60. The van der Waals surface area contributed by atoms with Crippen LogP contribution in [-0.2, 0) is 18.7 Å². The smallest absolute Gasteiger partial charge is 0.317 e. The molecule has 0 unspecified atom stereocenters. The number of amides is 2. The van der Waals surface area contributed by atoms with Gasteiger partial charge in [-0.25, -0.2) is 9.48 Å². The summed E-state index contributed by atoms with van der Waals surface area (Å²) in [4.78, 5) is 26.2. The van der Waals surface area contributed by atoms with Crippen molar-refractivity contribution in [2.75, 3.05) is 18.8 Å². The van der Waals surface area contributed by atoms with E-state index >= 15 is 0 Å². The van der Waals surface area contributed by atoms with Crippen LogP contribution in [-0.4, -0.2) is 45.6 Å². The van der Waals surface area contributed by atoms with E-state index in [-0.39, 0.29) is 11.6 Å². The van der Waals surface area contributed by atoms with Crippen LogP contribution < -0.4 is 10.9 Å². The van der Waals surface area contributed by atoms with Crippen molar-refractivity contribution in [2.24, 2.45) is 5.92 Å². The number of hydrogen-bond acceptors (Lipinski definition) is 4. The van der Waals surface area contributed by atoms with Crippen LogP contribution in [0.1, 0.15) is 36.9 Å². The number of hydrogen-bond donors (Lipinski definition) is 1. The molecule has 1 aromatic rings. The van der Waals surface area contributed by atoms with Gasteiger partial charge in [0.05, 0.1) is 12.2 Å². The summed E-state index contributed by atoms with van der Waals surface area (Å²) in [6.45, 7) is 2.06. The standard InChI is InChI=1S/C17H24N4O2S/c22-16-7-13-11-24-6-5-15(13)19-21(16)10-12-8-20(9-12)17(23)18-14-3-1-2-4-14/h7,12,14H,1-6,8-11H2,(H,18,23). The highest BCUT2D eigenvalue weighted by molar-refractivity contribution is 7.98. The maximum absolute atomic E-state index is 12.2. The summed E-state index contributed by atoms with van der Waals surface area (Å²) < 4.78 is 1.60. The minimum atomic E-state index is -0.00916. The monoisotopic (exact) mass is 348 g/mol. The number of aromatic nitrogens is 2. The van der Waals surface area contributed by atoms with Crippen molar-refractivity contribution in [3.8, 4) is 0 Å². The van der Waals surface area contributed by atoms with Gasteiger partial charge in [0, 0.05) is 43.3 Å². The number of carbonyl (C=O) groups excluding carboxylic acids is 1. The Balaban J connectivity index is 1.31. The number of fused-ring (bicyclic) bond motifs is 1. The fourth-order valence-electron chi connectivity index (χ4n) is 3.82. The van der Waals surface area contributed by atoms with Crippen molar-refractivity contribution in [1.29, 1.82) is 0 Å². The van der Waals surface area contributed by atoms with E-state index in [0.29, 0.717) is 18.5 Å². The van der Waals surface area contributed by atoms with E-state index in [1.807, 2.05) is 16.7 Å². The summed E-state index contributed by atoms with van der Waals surface area (Å²) >= 11 is 1.86. The number of rotatable bonds is 3. The topological polar surface area (TPSA) is 67.2 Å². The van der Waals surface area contributed by atoms with Crippen molar-refractivity contribution in [3.63, 3.8) is 0 Å². The zero-order chi connectivity index (χ0) is 16.5. The molecule has 1 N–H and O–H groups in total. The van der Waals surface area contributed by atoms with E-state index < -0.39 is 0 Å². The summed E-state index contributed by atoms with van der Waals surface area (Å²) in [7, 11) is 0. The third-order valence-corrected chi connectivity index (χ3v) is 6.27. The molecule has 2 fully saturated rings. The third kappa shape index (κ3) is 3.31. The molecule has 0 bridgehead atoms. The number of thioether (sulfide) groups is 1. The van der Waals surface area contributed by atoms with E-state index in [0.717, 1.165) is 55.1 Å². The molecule has 24 heavy (non-hydrogen) atoms. The van der Waals surface area contributed by atoms with Crippen molar-refractivity contribution in [3.05, 3.63) is 27.7 Å². The molecule has 7 heteroatoms. The molecular formula is C17H24N4O2S. The number of urea groups is 1. The van der Waals surface area contributed by atoms with Gasteiger partial charge in [-0.3, -0.25) is 4.79 Å². The number of carbonyl (C=O) groups is 1. The van der Waals surface area contributed by atoms with E-state index in [9.17, 15) is 9.59 Å². The second-order valence-corrected chi connectivity index (χ2v) is 8.25. The van der Waals surface area contributed by atoms with Crippen LogP contribution >= 0.6 is 11.8 Å². The van der Waals surface area contributed by atoms with Crippen LogP contribution in [0.3, 0.4) is 0 Å². The van der Waals surface area contributed by atoms with Gasteiger partial charge in [0.1, 0.15) is 0 Å². The Hall–Kier alpha value is -1.50. The molecule has 2 aliphatic heterocycles. The predicted molar refractivity (Wildman–Crippen MR) is 94.2 cm³/mol. The molecule has 1 aromatic heterocycles. The lowest BCUT2D eigenvalue weighted by molar-refractivity contribution is 0.105. The summed E-state index contributed by atoms with van der Waals surface area (Å²) in [5.41, 5.74) is 2.16. The van der Waals surface area contributed by atoms with Gasteiger partial charge in [-0.2, -0.15) is 16.9 Å². The van der Waals surface area contributed by atoms with E-state index in [2.05, 4.69) is 10.4 Å². The van der Waals surface area contributed by atoms with Crippen molar-refractivity contribution in [2.45, 2.75) is 50.4 Å². The predicted octanol–water partition coefficient (Wildman–Crippen LogP) is 1.62. The van der Waals surface area contributed by atoms with Crippen molar-refractivity contribution >= 4 is 17.8 Å². The Kier molecular flexibility index (Phi) is 4.52. The highest BCUT2D eigenvalue weighted by Crippen LogP contribution is 2.23. The first-order chi connectivity index (χ1) is 11.7. The lowest BCUT2D eigenvalue weighted by Crippen LogP contribution is -2.56. The molecule has 0 aromatic carbocycles. The molecular weight excluding hydrogens is 324 g/mol. The molecule has 4 rings (SSSR count). The second kappa shape index (κ2) is 6.78. The number of aryl methyl sites for hydroxylation is 1. The minimum absolute atomic E-state index is 0.00916. The maximum Gasteiger partial charge on any atom is 0.317 e. The van der Waals surface area contributed by atoms with Gasteiger partial charge in [-0.1, -0.05) is 12.8 Å². The first-order valence-corrected chi connectivity index (χ1v) is 10.1. The van der Waals surface area contributed by atoms with E-state index in [1.165, 1.54) is 12.8 Å². The molecule has 0 spiro atoms. The SMILES string of the molecule is O=C(NC1CCCC1)N1CC(Cn2nc3c(cc2=O)CSCC3)C1. The summed E-state index contributed by atoms with van der Waals surface area (Å²) in [5.74, 6) is 2.31. The molecule has 3 aliphatic rings. The van der Waals surface area contributed by atoms with Gasteiger partial charge in [0.15, 0.2) is 0 Å². The quantitative estimate of drug-likeness (QED) is 0.901. The Labute approximate surface area is 146 Å². The maximum atomic E-state index is 12.2. The lowest BCUT2D eigenvalue weighted by Gasteiger charge is -2.39. The fraction of sp³-hybridized carbons (Fsp3) is 0.706. The molecule has 3 heterocycles. The molecule has 130 valence electrons. The normalized spacial score (nSPS) is 21.4. The molecule has 6 nitrogen and oxygen atoms in total. The number of nitrogens with zero attached hydrogens (tertiary/aromatic N) is 3. The zero-order valence-electron chi connectivity index (χ0n) is 13.9. The van der Waals surface area contributed by atoms with Crippen molar-refractivity contribution in [1.82, 2.24) is 20.0 Å². The van der Waals surface area contributed by atoms with Gasteiger partial charge < -0.3 is 10.2 Å². The van der Waals surface area contributed by atoms with Gasteiger partial charge in [0.25, 0.3) is 5.56 Å². The second-order valence-electron chi connectivity index (χ2n) is 7.14. The van der Waals surface area contributed by atoms with Gasteiger partial charge in [0.2, 0.25) is 0 Å². The Bertz CT molecular complexity index is 678. The van der Waals surface area contributed by atoms with Crippen LogP contribution in [0, 0.1) is 5.92 Å². The van der Waals surface area contributed by atoms with E-state index in [1.54, 1.807) is 10.7 Å². The largest absolute Gasteiger partial charge is 0.335 e. The zero-order valence-corrected chi connectivity index (χ0v) is 14.7. The molecule has 0 atom stereocenters. The lowest BCUT2D eigenvalue weighted by atomic mass is 10.0. The molecule has 0 radical (unpaired) electrons. The first kappa shape index (κ1) is 16.0. The van der Waals surface area contributed by atoms with Crippen molar-refractivity contribution < 1.29 is 4.79 Å². The average Bonchev–Trinajstić information content (AvgIpc) is 3.03. The van der Waals surface area contributed by atoms with Gasteiger partial charge >= 0.3 is 6.03 Å². The van der Waals surface area contributed by atoms with Crippen LogP contribution in [0.2, 0.25) is 0 Å². The number of nitrogens with one attached hydrogen (secondary N) is 1. The van der Waals surface area contributed by atoms with Crippen LogP contribution in [0.4, 0.5) is 4.79 Å². The van der Waals surface area contributed by atoms with Crippen LogP contribution in [0.15, 0.2) is 10.9 Å². The van der Waals surface area contributed by atoms with Crippen LogP contribution in [0.5, 0.6) is 0 Å². The molecule has 1 saturated carbocycles. The Morgan fingerprint density at radius 2 is 2.12 bits per heavy atom. The highest BCUT2D eigenvalue weighted by atomic mass is 32.2. The molecule has 2 amide bonds. The summed E-state index contributed by atoms with van der Waals surface area (Å²) in [6, 6.07) is 2.16. The Morgan fingerprint density at radius 1 is 1.33 bits per heavy atom. The highest BCUT2D eigenvalue weighted by Gasteiger charge is 2.32. The first-order valence-electron chi connectivity index (χ1n) is 8.92. The molecule has 1 aliphatic carbocycles. The van der Waals surface area contributed by atoms with E-state index in [4.69, 9.17) is 0 Å². The third-order valence-electron chi connectivity index (χ3n) is 5.26. The minimum Gasteiger partial charge on any atom is -0.335 e. The van der Waals surface area contributed by atoms with Gasteiger partial charge in [-0.15, -0.1) is 0 Å². The summed E-state index contributed by atoms with van der Waals surface area (Å²) in [5, 5.41) is 7.68. The molecule has 1 saturated heterocycles. The van der Waals surface area contributed by atoms with Gasteiger partial charge in [-0.05, 0) is 24.2 Å². The van der Waals surface area contributed by atoms with Crippen LogP contribution in [0.25, 0.3) is 0 Å². The Morgan fingerprint density at radius 3 is 2.92 bits per heavy atom.